The lowest BCUT2D eigenvalue weighted by Crippen LogP contribution is -2.24. The molecule has 0 fully saturated rings. The second-order valence-corrected chi connectivity index (χ2v) is 5.31. The van der Waals surface area contributed by atoms with Gasteiger partial charge in [0, 0.05) is 17.7 Å². The Balaban J connectivity index is 2.25. The highest BCUT2D eigenvalue weighted by atomic mass is 16.5. The van der Waals surface area contributed by atoms with Crippen molar-refractivity contribution in [2.75, 3.05) is 28.4 Å². The summed E-state index contributed by atoms with van der Waals surface area (Å²) < 4.78 is 21.3. The maximum atomic E-state index is 12.6. The third-order valence-electron chi connectivity index (χ3n) is 3.96. The van der Waals surface area contributed by atoms with Gasteiger partial charge in [-0.15, -0.1) is 0 Å². The summed E-state index contributed by atoms with van der Waals surface area (Å²) in [6.45, 7) is 2.21. The van der Waals surface area contributed by atoms with Gasteiger partial charge in [0.05, 0.1) is 28.4 Å². The average molecular weight is 345 g/mol. The standard InChI is InChI=1S/C19H23NO5/c1-12-14(22-2)10-9-13(18(12)25-5)11-20-19(21)17-15(23-3)7-6-8-16(17)24-4/h6-10H,11H2,1-5H3,(H,20,21). The first-order valence-corrected chi connectivity index (χ1v) is 7.77. The first-order chi connectivity index (χ1) is 12.1. The molecule has 0 saturated heterocycles. The molecule has 0 spiro atoms. The Bertz CT molecular complexity index is 735. The molecule has 0 radical (unpaired) electrons. The lowest BCUT2D eigenvalue weighted by Gasteiger charge is -2.16. The van der Waals surface area contributed by atoms with Gasteiger partial charge in [0.25, 0.3) is 5.91 Å². The Morgan fingerprint density at radius 1 is 0.880 bits per heavy atom. The molecule has 0 aliphatic heterocycles. The first kappa shape index (κ1) is 18.4. The van der Waals surface area contributed by atoms with Crippen LogP contribution in [0.3, 0.4) is 0 Å². The number of nitrogens with one attached hydrogen (secondary N) is 1. The molecule has 2 rings (SSSR count). The van der Waals surface area contributed by atoms with Crippen molar-refractivity contribution < 1.29 is 23.7 Å². The number of hydrogen-bond donors (Lipinski definition) is 1. The fourth-order valence-corrected chi connectivity index (χ4v) is 2.71. The van der Waals surface area contributed by atoms with Crippen LogP contribution in [0.4, 0.5) is 0 Å². The van der Waals surface area contributed by atoms with Gasteiger partial charge in [-0.3, -0.25) is 4.79 Å². The van der Waals surface area contributed by atoms with E-state index < -0.39 is 0 Å². The molecular weight excluding hydrogens is 322 g/mol. The molecule has 0 aliphatic carbocycles. The second-order valence-electron chi connectivity index (χ2n) is 5.31. The SMILES string of the molecule is COc1ccc(CNC(=O)c2c(OC)cccc2OC)c(OC)c1C. The zero-order valence-electron chi connectivity index (χ0n) is 15.1. The van der Waals surface area contributed by atoms with Gasteiger partial charge in [-0.05, 0) is 31.2 Å². The maximum absolute atomic E-state index is 12.6. The van der Waals surface area contributed by atoms with Crippen molar-refractivity contribution in [3.8, 4) is 23.0 Å². The van der Waals surface area contributed by atoms with E-state index in [4.69, 9.17) is 18.9 Å². The van der Waals surface area contributed by atoms with E-state index in [-0.39, 0.29) is 5.91 Å². The lowest BCUT2D eigenvalue weighted by atomic mass is 10.1. The zero-order chi connectivity index (χ0) is 18.4. The van der Waals surface area contributed by atoms with Crippen molar-refractivity contribution in [2.45, 2.75) is 13.5 Å². The fraction of sp³-hybridized carbons (Fsp3) is 0.316. The van der Waals surface area contributed by atoms with Crippen molar-refractivity contribution in [1.29, 1.82) is 0 Å². The summed E-state index contributed by atoms with van der Waals surface area (Å²) in [5, 5.41) is 2.88. The highest BCUT2D eigenvalue weighted by Crippen LogP contribution is 2.32. The van der Waals surface area contributed by atoms with Crippen molar-refractivity contribution in [1.82, 2.24) is 5.32 Å². The zero-order valence-corrected chi connectivity index (χ0v) is 15.1. The predicted octanol–water partition coefficient (Wildman–Crippen LogP) is 2.96. The van der Waals surface area contributed by atoms with Crippen LogP contribution in [-0.4, -0.2) is 34.3 Å². The van der Waals surface area contributed by atoms with E-state index in [1.807, 2.05) is 19.1 Å². The quantitative estimate of drug-likeness (QED) is 0.836. The number of methoxy groups -OCH3 is 4. The highest BCUT2D eigenvalue weighted by Gasteiger charge is 2.19. The number of amides is 1. The number of carbonyl (C=O) groups excluding carboxylic acids is 1. The molecule has 1 amide bonds. The highest BCUT2D eigenvalue weighted by molar-refractivity contribution is 5.99. The Morgan fingerprint density at radius 2 is 1.48 bits per heavy atom. The van der Waals surface area contributed by atoms with Crippen LogP contribution in [-0.2, 0) is 6.54 Å². The number of rotatable bonds is 7. The first-order valence-electron chi connectivity index (χ1n) is 7.77. The molecule has 6 heteroatoms. The van der Waals surface area contributed by atoms with Gasteiger partial charge in [0.1, 0.15) is 28.6 Å². The fourth-order valence-electron chi connectivity index (χ4n) is 2.71. The summed E-state index contributed by atoms with van der Waals surface area (Å²) in [4.78, 5) is 12.6. The molecule has 0 aliphatic rings. The summed E-state index contributed by atoms with van der Waals surface area (Å²) in [7, 11) is 6.23. The van der Waals surface area contributed by atoms with E-state index in [0.29, 0.717) is 29.4 Å². The molecule has 0 heterocycles. The van der Waals surface area contributed by atoms with E-state index in [1.165, 1.54) is 14.2 Å². The minimum Gasteiger partial charge on any atom is -0.496 e. The largest absolute Gasteiger partial charge is 0.496 e. The van der Waals surface area contributed by atoms with Gasteiger partial charge in [-0.2, -0.15) is 0 Å². The Labute approximate surface area is 147 Å². The molecule has 2 aromatic rings. The summed E-state index contributed by atoms with van der Waals surface area (Å²) in [6.07, 6.45) is 0. The molecular formula is C19H23NO5. The summed E-state index contributed by atoms with van der Waals surface area (Å²) in [5.74, 6) is 2.04. The van der Waals surface area contributed by atoms with Crippen LogP contribution < -0.4 is 24.3 Å². The van der Waals surface area contributed by atoms with E-state index in [1.54, 1.807) is 32.4 Å². The third-order valence-corrected chi connectivity index (χ3v) is 3.96. The van der Waals surface area contributed by atoms with Crippen LogP contribution >= 0.6 is 0 Å². The van der Waals surface area contributed by atoms with Crippen LogP contribution in [0, 0.1) is 6.92 Å². The molecule has 134 valence electrons. The summed E-state index contributed by atoms with van der Waals surface area (Å²) in [5.41, 5.74) is 2.09. The minimum absolute atomic E-state index is 0.287. The van der Waals surface area contributed by atoms with Crippen LogP contribution in [0.2, 0.25) is 0 Å². The number of carbonyl (C=O) groups is 1. The summed E-state index contributed by atoms with van der Waals surface area (Å²) >= 11 is 0. The molecule has 6 nitrogen and oxygen atoms in total. The number of ether oxygens (including phenoxy) is 4. The molecule has 1 N–H and O–H groups in total. The second kappa shape index (κ2) is 8.28. The van der Waals surface area contributed by atoms with Gasteiger partial charge < -0.3 is 24.3 Å². The molecule has 0 atom stereocenters. The smallest absolute Gasteiger partial charge is 0.259 e. The van der Waals surface area contributed by atoms with Gasteiger partial charge in [0.2, 0.25) is 0 Å². The average Bonchev–Trinajstić information content (AvgIpc) is 2.65. The monoisotopic (exact) mass is 345 g/mol. The van der Waals surface area contributed by atoms with Crippen molar-refractivity contribution >= 4 is 5.91 Å². The van der Waals surface area contributed by atoms with Crippen molar-refractivity contribution in [2.24, 2.45) is 0 Å². The molecule has 0 saturated carbocycles. The van der Waals surface area contributed by atoms with Gasteiger partial charge in [-0.1, -0.05) is 6.07 Å². The molecule has 0 bridgehead atoms. The van der Waals surface area contributed by atoms with E-state index in [9.17, 15) is 4.79 Å². The van der Waals surface area contributed by atoms with E-state index in [2.05, 4.69) is 5.32 Å². The molecule has 25 heavy (non-hydrogen) atoms. The Kier molecular flexibility index (Phi) is 6.11. The van der Waals surface area contributed by atoms with E-state index >= 15 is 0 Å². The Morgan fingerprint density at radius 3 is 2.00 bits per heavy atom. The molecule has 2 aromatic carbocycles. The number of hydrogen-bond acceptors (Lipinski definition) is 5. The van der Waals surface area contributed by atoms with Crippen LogP contribution in [0.15, 0.2) is 30.3 Å². The van der Waals surface area contributed by atoms with E-state index in [0.717, 1.165) is 16.9 Å². The Hall–Kier alpha value is -2.89. The minimum atomic E-state index is -0.287. The van der Waals surface area contributed by atoms with Crippen molar-refractivity contribution in [3.63, 3.8) is 0 Å². The topological polar surface area (TPSA) is 66.0 Å². The predicted molar refractivity (Wildman–Crippen MR) is 95.0 cm³/mol. The number of benzene rings is 2. The third kappa shape index (κ3) is 3.79. The maximum Gasteiger partial charge on any atom is 0.259 e. The van der Waals surface area contributed by atoms with Gasteiger partial charge >= 0.3 is 0 Å². The molecule has 0 aromatic heterocycles. The lowest BCUT2D eigenvalue weighted by molar-refractivity contribution is 0.0944. The molecule has 0 unspecified atom stereocenters. The van der Waals surface area contributed by atoms with Gasteiger partial charge in [0.15, 0.2) is 0 Å². The normalized spacial score (nSPS) is 10.1. The van der Waals surface area contributed by atoms with Crippen molar-refractivity contribution in [3.05, 3.63) is 47.0 Å². The van der Waals surface area contributed by atoms with Crippen LogP contribution in [0.1, 0.15) is 21.5 Å². The summed E-state index contributed by atoms with van der Waals surface area (Å²) in [6, 6.07) is 8.92. The van der Waals surface area contributed by atoms with Crippen LogP contribution in [0.25, 0.3) is 0 Å². The van der Waals surface area contributed by atoms with Gasteiger partial charge in [-0.25, -0.2) is 0 Å². The van der Waals surface area contributed by atoms with Crippen LogP contribution in [0.5, 0.6) is 23.0 Å².